The van der Waals surface area contributed by atoms with Gasteiger partial charge in [-0.3, -0.25) is 0 Å². The van der Waals surface area contributed by atoms with Crippen molar-refractivity contribution in [1.29, 1.82) is 0 Å². The number of hydrogen-bond donors (Lipinski definition) is 1. The normalized spacial score (nSPS) is 12.5. The SMILES string of the molecule is CC(C)OCCCNCC(C)(C)C. The molecule has 0 aliphatic rings. The summed E-state index contributed by atoms with van der Waals surface area (Å²) in [6.45, 7) is 13.9. The summed E-state index contributed by atoms with van der Waals surface area (Å²) in [5.74, 6) is 0. The monoisotopic (exact) mass is 187 g/mol. The van der Waals surface area contributed by atoms with Crippen molar-refractivity contribution in [2.24, 2.45) is 5.41 Å². The molecule has 0 amide bonds. The summed E-state index contributed by atoms with van der Waals surface area (Å²) >= 11 is 0. The van der Waals surface area contributed by atoms with E-state index < -0.39 is 0 Å². The summed E-state index contributed by atoms with van der Waals surface area (Å²) in [5, 5.41) is 3.42. The molecule has 1 N–H and O–H groups in total. The lowest BCUT2D eigenvalue weighted by Gasteiger charge is -2.18. The molecule has 0 aliphatic heterocycles. The highest BCUT2D eigenvalue weighted by Crippen LogP contribution is 2.09. The first-order valence-corrected chi connectivity index (χ1v) is 5.24. The minimum atomic E-state index is 0.364. The van der Waals surface area contributed by atoms with Crippen LogP contribution in [-0.2, 0) is 4.74 Å². The van der Waals surface area contributed by atoms with Gasteiger partial charge in [0.05, 0.1) is 6.10 Å². The van der Waals surface area contributed by atoms with E-state index >= 15 is 0 Å². The highest BCUT2D eigenvalue weighted by Gasteiger charge is 2.07. The Bertz CT molecular complexity index is 116. The lowest BCUT2D eigenvalue weighted by Crippen LogP contribution is -2.28. The number of nitrogens with one attached hydrogen (secondary N) is 1. The maximum absolute atomic E-state index is 5.43. The van der Waals surface area contributed by atoms with Gasteiger partial charge in [0.2, 0.25) is 0 Å². The summed E-state index contributed by atoms with van der Waals surface area (Å²) in [4.78, 5) is 0. The van der Waals surface area contributed by atoms with Crippen molar-refractivity contribution in [2.45, 2.75) is 47.1 Å². The van der Waals surface area contributed by atoms with Crippen molar-refractivity contribution < 1.29 is 4.74 Å². The Balaban J connectivity index is 3.09. The van der Waals surface area contributed by atoms with Crippen molar-refractivity contribution in [1.82, 2.24) is 5.32 Å². The summed E-state index contributed by atoms with van der Waals surface area (Å²) in [6.07, 6.45) is 1.47. The minimum Gasteiger partial charge on any atom is -0.379 e. The van der Waals surface area contributed by atoms with Crippen LogP contribution < -0.4 is 5.32 Å². The molecule has 0 aromatic heterocycles. The predicted molar refractivity (Wildman–Crippen MR) is 58.0 cm³/mol. The molecule has 0 radical (unpaired) electrons. The molecule has 0 bridgehead atoms. The molecule has 0 saturated carbocycles. The first kappa shape index (κ1) is 12.9. The molecule has 2 heteroatoms. The molecule has 0 spiro atoms. The van der Waals surface area contributed by atoms with Crippen molar-refractivity contribution in [3.63, 3.8) is 0 Å². The second-order valence-electron chi connectivity index (χ2n) is 5.01. The molecular weight excluding hydrogens is 162 g/mol. The van der Waals surface area contributed by atoms with Crippen LogP contribution in [0.15, 0.2) is 0 Å². The molecular formula is C11H25NO. The fraction of sp³-hybridized carbons (Fsp3) is 1.00. The maximum atomic E-state index is 5.43. The summed E-state index contributed by atoms with van der Waals surface area (Å²) < 4.78 is 5.43. The number of hydrogen-bond acceptors (Lipinski definition) is 2. The molecule has 0 fully saturated rings. The van der Waals surface area contributed by atoms with Crippen molar-refractivity contribution in [2.75, 3.05) is 19.7 Å². The van der Waals surface area contributed by atoms with Gasteiger partial charge in [-0.2, -0.15) is 0 Å². The topological polar surface area (TPSA) is 21.3 Å². The van der Waals surface area contributed by atoms with Crippen LogP contribution in [0.2, 0.25) is 0 Å². The zero-order valence-corrected chi connectivity index (χ0v) is 9.81. The Morgan fingerprint density at radius 2 is 1.85 bits per heavy atom. The van der Waals surface area contributed by atoms with Crippen LogP contribution in [0.25, 0.3) is 0 Å². The van der Waals surface area contributed by atoms with E-state index in [0.717, 1.165) is 26.1 Å². The third-order valence-electron chi connectivity index (χ3n) is 1.60. The maximum Gasteiger partial charge on any atom is 0.0518 e. The van der Waals surface area contributed by atoms with Gasteiger partial charge in [-0.15, -0.1) is 0 Å². The average Bonchev–Trinajstić information content (AvgIpc) is 1.93. The highest BCUT2D eigenvalue weighted by molar-refractivity contribution is 4.64. The van der Waals surface area contributed by atoms with Gasteiger partial charge in [-0.25, -0.2) is 0 Å². The molecule has 0 heterocycles. The minimum absolute atomic E-state index is 0.364. The Hall–Kier alpha value is -0.0800. The van der Waals surface area contributed by atoms with E-state index in [1.807, 2.05) is 0 Å². The van der Waals surface area contributed by atoms with Gasteiger partial charge in [0.1, 0.15) is 0 Å². The molecule has 0 aromatic carbocycles. The third kappa shape index (κ3) is 11.9. The quantitative estimate of drug-likeness (QED) is 0.645. The van der Waals surface area contributed by atoms with E-state index in [4.69, 9.17) is 4.74 Å². The van der Waals surface area contributed by atoms with Gasteiger partial charge < -0.3 is 10.1 Å². The zero-order valence-electron chi connectivity index (χ0n) is 9.81. The lowest BCUT2D eigenvalue weighted by atomic mass is 9.97. The molecule has 0 saturated heterocycles. The number of ether oxygens (including phenoxy) is 1. The molecule has 80 valence electrons. The van der Waals surface area contributed by atoms with Crippen LogP contribution >= 0.6 is 0 Å². The molecule has 0 unspecified atom stereocenters. The van der Waals surface area contributed by atoms with Gasteiger partial charge in [-0.1, -0.05) is 20.8 Å². The van der Waals surface area contributed by atoms with Crippen molar-refractivity contribution >= 4 is 0 Å². The Kier molecular flexibility index (Phi) is 6.35. The second kappa shape index (κ2) is 6.39. The van der Waals surface area contributed by atoms with Crippen molar-refractivity contribution in [3.8, 4) is 0 Å². The van der Waals surface area contributed by atoms with Crippen LogP contribution in [0.5, 0.6) is 0 Å². The Morgan fingerprint density at radius 1 is 1.23 bits per heavy atom. The van der Waals surface area contributed by atoms with E-state index in [0.29, 0.717) is 11.5 Å². The van der Waals surface area contributed by atoms with Crippen LogP contribution in [0, 0.1) is 5.41 Å². The van der Waals surface area contributed by atoms with Gasteiger partial charge in [0, 0.05) is 6.61 Å². The van der Waals surface area contributed by atoms with Crippen LogP contribution in [0.1, 0.15) is 41.0 Å². The van der Waals surface area contributed by atoms with E-state index in [1.54, 1.807) is 0 Å². The fourth-order valence-electron chi connectivity index (χ4n) is 0.980. The summed E-state index contributed by atoms with van der Waals surface area (Å²) in [6, 6.07) is 0. The van der Waals surface area contributed by atoms with Crippen LogP contribution in [0.3, 0.4) is 0 Å². The first-order chi connectivity index (χ1) is 5.92. The van der Waals surface area contributed by atoms with Crippen LogP contribution in [0.4, 0.5) is 0 Å². The fourth-order valence-corrected chi connectivity index (χ4v) is 0.980. The van der Waals surface area contributed by atoms with E-state index in [2.05, 4.69) is 39.9 Å². The second-order valence-corrected chi connectivity index (χ2v) is 5.01. The Labute approximate surface area is 83.1 Å². The van der Waals surface area contributed by atoms with E-state index in [1.165, 1.54) is 0 Å². The zero-order chi connectivity index (χ0) is 10.3. The molecule has 0 aliphatic carbocycles. The van der Waals surface area contributed by atoms with Gasteiger partial charge in [0.15, 0.2) is 0 Å². The van der Waals surface area contributed by atoms with Crippen molar-refractivity contribution in [3.05, 3.63) is 0 Å². The van der Waals surface area contributed by atoms with E-state index in [9.17, 15) is 0 Å². The smallest absolute Gasteiger partial charge is 0.0518 e. The van der Waals surface area contributed by atoms with E-state index in [-0.39, 0.29) is 0 Å². The number of rotatable bonds is 6. The lowest BCUT2D eigenvalue weighted by molar-refractivity contribution is 0.0768. The summed E-state index contributed by atoms with van der Waals surface area (Å²) in [5.41, 5.74) is 0.388. The summed E-state index contributed by atoms with van der Waals surface area (Å²) in [7, 11) is 0. The highest BCUT2D eigenvalue weighted by atomic mass is 16.5. The van der Waals surface area contributed by atoms with Gasteiger partial charge in [0.25, 0.3) is 0 Å². The molecule has 13 heavy (non-hydrogen) atoms. The van der Waals surface area contributed by atoms with Crippen LogP contribution in [-0.4, -0.2) is 25.8 Å². The molecule has 0 atom stereocenters. The standard InChI is InChI=1S/C11H25NO/c1-10(2)13-8-6-7-12-9-11(3,4)5/h10,12H,6-9H2,1-5H3. The first-order valence-electron chi connectivity index (χ1n) is 5.24. The van der Waals surface area contributed by atoms with Gasteiger partial charge >= 0.3 is 0 Å². The third-order valence-corrected chi connectivity index (χ3v) is 1.60. The predicted octanol–water partition coefficient (Wildman–Crippen LogP) is 2.44. The molecule has 0 aromatic rings. The Morgan fingerprint density at radius 3 is 2.31 bits per heavy atom. The largest absolute Gasteiger partial charge is 0.379 e. The molecule has 2 nitrogen and oxygen atoms in total. The molecule has 0 rings (SSSR count). The van der Waals surface area contributed by atoms with Gasteiger partial charge in [-0.05, 0) is 38.8 Å². The average molecular weight is 187 g/mol.